The van der Waals surface area contributed by atoms with Crippen LogP contribution in [0.25, 0.3) is 0 Å². The zero-order valence-electron chi connectivity index (χ0n) is 11.9. The Morgan fingerprint density at radius 1 is 1.42 bits per heavy atom. The maximum Gasteiger partial charge on any atom is 0.313 e. The second-order valence-electron chi connectivity index (χ2n) is 5.88. The lowest BCUT2D eigenvalue weighted by Gasteiger charge is -2.29. The average Bonchev–Trinajstić information content (AvgIpc) is 2.71. The van der Waals surface area contributed by atoms with Gasteiger partial charge in [0.25, 0.3) is 0 Å². The van der Waals surface area contributed by atoms with Crippen molar-refractivity contribution in [3.05, 3.63) is 0 Å². The molecular weight excluding hydrogens is 250 g/mol. The van der Waals surface area contributed by atoms with E-state index in [2.05, 4.69) is 9.89 Å². The highest BCUT2D eigenvalue weighted by Gasteiger charge is 2.48. The second-order valence-corrected chi connectivity index (χ2v) is 5.88. The average molecular weight is 271 g/mol. The standard InChI is InChI=1S/C13H21NO5/c1-12(2,3)19-11(16)13(8-10(15)18-4)6-5-9(7-13)14-17/h17H,5-8H2,1-4H3/b14-9-. The molecule has 0 aliphatic heterocycles. The van der Waals surface area contributed by atoms with Crippen molar-refractivity contribution in [1.29, 1.82) is 0 Å². The summed E-state index contributed by atoms with van der Waals surface area (Å²) in [5.74, 6) is -0.908. The molecule has 19 heavy (non-hydrogen) atoms. The fourth-order valence-electron chi connectivity index (χ4n) is 2.17. The van der Waals surface area contributed by atoms with Gasteiger partial charge in [-0.25, -0.2) is 0 Å². The largest absolute Gasteiger partial charge is 0.469 e. The summed E-state index contributed by atoms with van der Waals surface area (Å²) < 4.78 is 10.0. The molecule has 108 valence electrons. The molecule has 1 rings (SSSR count). The number of methoxy groups -OCH3 is 1. The fourth-order valence-corrected chi connectivity index (χ4v) is 2.17. The summed E-state index contributed by atoms with van der Waals surface area (Å²) in [5, 5.41) is 12.0. The number of hydrogen-bond donors (Lipinski definition) is 1. The Labute approximate surface area is 112 Å². The van der Waals surface area contributed by atoms with E-state index in [1.54, 1.807) is 20.8 Å². The predicted octanol–water partition coefficient (Wildman–Crippen LogP) is 1.89. The molecule has 1 atom stereocenters. The highest BCUT2D eigenvalue weighted by atomic mass is 16.6. The Kier molecular flexibility index (Phi) is 4.55. The molecule has 0 saturated heterocycles. The van der Waals surface area contributed by atoms with Crippen molar-refractivity contribution in [2.45, 2.75) is 52.1 Å². The molecule has 0 bridgehead atoms. The number of esters is 2. The van der Waals surface area contributed by atoms with Gasteiger partial charge in [0.1, 0.15) is 5.60 Å². The summed E-state index contributed by atoms with van der Waals surface area (Å²) in [6.07, 6.45) is 1.08. The maximum atomic E-state index is 12.3. The molecule has 0 aromatic rings. The molecule has 1 N–H and O–H groups in total. The molecular formula is C13H21NO5. The minimum absolute atomic E-state index is 0.0581. The predicted molar refractivity (Wildman–Crippen MR) is 68.0 cm³/mol. The van der Waals surface area contributed by atoms with Gasteiger partial charge >= 0.3 is 11.9 Å². The number of oxime groups is 1. The van der Waals surface area contributed by atoms with Crippen LogP contribution in [0.4, 0.5) is 0 Å². The Morgan fingerprint density at radius 2 is 2.05 bits per heavy atom. The first-order chi connectivity index (χ1) is 8.72. The van der Waals surface area contributed by atoms with E-state index in [1.807, 2.05) is 0 Å². The van der Waals surface area contributed by atoms with Crippen molar-refractivity contribution in [1.82, 2.24) is 0 Å². The van der Waals surface area contributed by atoms with Gasteiger partial charge in [0, 0.05) is 6.42 Å². The Morgan fingerprint density at radius 3 is 2.47 bits per heavy atom. The van der Waals surface area contributed by atoms with E-state index in [0.717, 1.165) is 0 Å². The Bertz CT molecular complexity index is 396. The first kappa shape index (κ1) is 15.5. The summed E-state index contributed by atoms with van der Waals surface area (Å²) >= 11 is 0. The minimum atomic E-state index is -0.970. The van der Waals surface area contributed by atoms with Gasteiger partial charge in [-0.2, -0.15) is 0 Å². The Balaban J connectivity index is 2.93. The van der Waals surface area contributed by atoms with Crippen molar-refractivity contribution in [3.8, 4) is 0 Å². The van der Waals surface area contributed by atoms with Gasteiger partial charge in [0.2, 0.25) is 0 Å². The summed E-state index contributed by atoms with van der Waals surface area (Å²) in [5.41, 5.74) is -1.09. The molecule has 0 heterocycles. The zero-order chi connectivity index (χ0) is 14.7. The topological polar surface area (TPSA) is 85.2 Å². The highest BCUT2D eigenvalue weighted by Crippen LogP contribution is 2.42. The van der Waals surface area contributed by atoms with Crippen molar-refractivity contribution in [3.63, 3.8) is 0 Å². The van der Waals surface area contributed by atoms with Crippen molar-refractivity contribution < 1.29 is 24.3 Å². The molecule has 1 saturated carbocycles. The normalized spacial score (nSPS) is 25.4. The molecule has 1 fully saturated rings. The number of rotatable bonds is 3. The van der Waals surface area contributed by atoms with Gasteiger partial charge < -0.3 is 14.7 Å². The monoisotopic (exact) mass is 271 g/mol. The Hall–Kier alpha value is -1.59. The molecule has 0 aromatic carbocycles. The summed E-state index contributed by atoms with van der Waals surface area (Å²) in [6, 6.07) is 0. The van der Waals surface area contributed by atoms with Gasteiger partial charge in [-0.3, -0.25) is 9.59 Å². The van der Waals surface area contributed by atoms with Gasteiger partial charge in [0.15, 0.2) is 0 Å². The molecule has 0 spiro atoms. The minimum Gasteiger partial charge on any atom is -0.469 e. The van der Waals surface area contributed by atoms with E-state index in [9.17, 15) is 9.59 Å². The van der Waals surface area contributed by atoms with Crippen LogP contribution < -0.4 is 0 Å². The van der Waals surface area contributed by atoms with Gasteiger partial charge in [-0.15, -0.1) is 0 Å². The lowest BCUT2D eigenvalue weighted by atomic mass is 9.82. The third kappa shape index (κ3) is 3.94. The van der Waals surface area contributed by atoms with Crippen LogP contribution in [-0.4, -0.2) is 35.6 Å². The maximum absolute atomic E-state index is 12.3. The molecule has 6 heteroatoms. The van der Waals surface area contributed by atoms with E-state index in [1.165, 1.54) is 7.11 Å². The summed E-state index contributed by atoms with van der Waals surface area (Å²) in [4.78, 5) is 23.8. The van der Waals surface area contributed by atoms with Crippen molar-refractivity contribution in [2.75, 3.05) is 7.11 Å². The van der Waals surface area contributed by atoms with Crippen LogP contribution in [-0.2, 0) is 19.1 Å². The van der Waals surface area contributed by atoms with Crippen LogP contribution in [0.3, 0.4) is 0 Å². The number of ether oxygens (including phenoxy) is 2. The van der Waals surface area contributed by atoms with E-state index < -0.39 is 23.0 Å². The van der Waals surface area contributed by atoms with Gasteiger partial charge in [0.05, 0.1) is 24.7 Å². The molecule has 1 aliphatic rings. The van der Waals surface area contributed by atoms with Crippen LogP contribution in [0.15, 0.2) is 5.16 Å². The van der Waals surface area contributed by atoms with E-state index in [0.29, 0.717) is 18.6 Å². The molecule has 0 radical (unpaired) electrons. The van der Waals surface area contributed by atoms with Crippen LogP contribution in [0.2, 0.25) is 0 Å². The third-order valence-electron chi connectivity index (χ3n) is 3.12. The van der Waals surface area contributed by atoms with Gasteiger partial charge in [-0.1, -0.05) is 5.16 Å². The first-order valence-electron chi connectivity index (χ1n) is 6.22. The van der Waals surface area contributed by atoms with Crippen LogP contribution in [0, 0.1) is 5.41 Å². The lowest BCUT2D eigenvalue weighted by molar-refractivity contribution is -0.171. The van der Waals surface area contributed by atoms with E-state index in [-0.39, 0.29) is 12.8 Å². The first-order valence-corrected chi connectivity index (χ1v) is 6.22. The molecule has 1 unspecified atom stereocenters. The molecule has 1 aliphatic carbocycles. The summed E-state index contributed by atoms with van der Waals surface area (Å²) in [7, 11) is 1.28. The van der Waals surface area contributed by atoms with Crippen LogP contribution >= 0.6 is 0 Å². The molecule has 0 amide bonds. The quantitative estimate of drug-likeness (QED) is 0.481. The van der Waals surface area contributed by atoms with Crippen LogP contribution in [0.1, 0.15) is 46.5 Å². The lowest BCUT2D eigenvalue weighted by Crippen LogP contribution is -2.38. The summed E-state index contributed by atoms with van der Waals surface area (Å²) in [6.45, 7) is 5.31. The third-order valence-corrected chi connectivity index (χ3v) is 3.12. The second kappa shape index (κ2) is 5.59. The fraction of sp³-hybridized carbons (Fsp3) is 0.769. The van der Waals surface area contributed by atoms with Crippen LogP contribution in [0.5, 0.6) is 0 Å². The zero-order valence-corrected chi connectivity index (χ0v) is 11.9. The van der Waals surface area contributed by atoms with E-state index in [4.69, 9.17) is 9.94 Å². The van der Waals surface area contributed by atoms with Crippen molar-refractivity contribution >= 4 is 17.7 Å². The number of carbonyl (C=O) groups is 2. The molecule has 6 nitrogen and oxygen atoms in total. The number of carbonyl (C=O) groups excluding carboxylic acids is 2. The molecule has 0 aromatic heterocycles. The SMILES string of the molecule is COC(=O)CC1(C(=O)OC(C)(C)C)CC/C(=N/O)C1. The van der Waals surface area contributed by atoms with Gasteiger partial charge in [-0.05, 0) is 33.6 Å². The number of hydrogen-bond acceptors (Lipinski definition) is 6. The number of nitrogens with zero attached hydrogens (tertiary/aromatic N) is 1. The highest BCUT2D eigenvalue weighted by molar-refractivity contribution is 5.95. The smallest absolute Gasteiger partial charge is 0.313 e. The van der Waals surface area contributed by atoms with E-state index >= 15 is 0 Å². The van der Waals surface area contributed by atoms with Crippen molar-refractivity contribution in [2.24, 2.45) is 10.6 Å².